The topological polar surface area (TPSA) is 79.3 Å². The van der Waals surface area contributed by atoms with Crippen molar-refractivity contribution < 1.29 is 27.3 Å². The summed E-state index contributed by atoms with van der Waals surface area (Å²) in [5.74, 6) is -1.13. The van der Waals surface area contributed by atoms with E-state index in [9.17, 15) is 27.3 Å². The molecule has 2 aromatic rings. The first-order chi connectivity index (χ1) is 13.4. The summed E-state index contributed by atoms with van der Waals surface area (Å²) < 4.78 is 48.8. The number of nitrogens with one attached hydrogen (secondary N) is 1. The molecule has 0 fully saturated rings. The van der Waals surface area contributed by atoms with Crippen molar-refractivity contribution in [2.45, 2.75) is 18.6 Å². The molecule has 5 nitrogen and oxygen atoms in total. The van der Waals surface area contributed by atoms with Gasteiger partial charge in [0, 0.05) is 17.2 Å². The average molecular weight is 410 g/mol. The SMILES string of the molecule is O=C(NC(CF)C(O)c1ccc(-c2ccc(C3=CS(=O)C3)nc2)cc1)C(F)F. The number of nitrogens with zero attached hydrogens (tertiary/aromatic N) is 1. The largest absolute Gasteiger partial charge is 0.386 e. The Bertz CT molecular complexity index is 902. The third kappa shape index (κ3) is 4.48. The van der Waals surface area contributed by atoms with Crippen LogP contribution in [0.5, 0.6) is 0 Å². The Morgan fingerprint density at radius 2 is 1.82 bits per heavy atom. The van der Waals surface area contributed by atoms with Crippen LogP contribution < -0.4 is 5.32 Å². The number of pyridine rings is 1. The van der Waals surface area contributed by atoms with Gasteiger partial charge in [0.2, 0.25) is 0 Å². The van der Waals surface area contributed by atoms with Gasteiger partial charge in [-0.3, -0.25) is 14.0 Å². The Labute approximate surface area is 161 Å². The molecule has 3 rings (SSSR count). The molecule has 1 aliphatic heterocycles. The first-order valence-electron chi connectivity index (χ1n) is 8.36. The van der Waals surface area contributed by atoms with E-state index < -0.39 is 42.0 Å². The van der Waals surface area contributed by atoms with Crippen LogP contribution in [0.2, 0.25) is 0 Å². The zero-order valence-electron chi connectivity index (χ0n) is 14.5. The van der Waals surface area contributed by atoms with Crippen LogP contribution in [0.15, 0.2) is 48.0 Å². The van der Waals surface area contributed by atoms with Crippen LogP contribution in [-0.4, -0.2) is 45.1 Å². The number of carbonyl (C=O) groups is 1. The van der Waals surface area contributed by atoms with Crippen molar-refractivity contribution in [1.82, 2.24) is 10.3 Å². The van der Waals surface area contributed by atoms with E-state index in [-0.39, 0.29) is 5.56 Å². The molecular weight excluding hydrogens is 393 g/mol. The highest BCUT2D eigenvalue weighted by molar-refractivity contribution is 7.90. The number of halogens is 3. The molecule has 0 bridgehead atoms. The predicted molar refractivity (Wildman–Crippen MR) is 99.5 cm³/mol. The maximum absolute atomic E-state index is 13.1. The summed E-state index contributed by atoms with van der Waals surface area (Å²) in [6.07, 6.45) is -3.08. The number of rotatable bonds is 7. The minimum atomic E-state index is -3.28. The van der Waals surface area contributed by atoms with Crippen molar-refractivity contribution in [2.24, 2.45) is 0 Å². The van der Waals surface area contributed by atoms with Gasteiger partial charge in [-0.25, -0.2) is 4.39 Å². The smallest absolute Gasteiger partial charge is 0.315 e. The normalized spacial score (nSPS) is 18.2. The number of hydrogen-bond donors (Lipinski definition) is 2. The number of amides is 1. The van der Waals surface area contributed by atoms with E-state index in [1.165, 1.54) is 12.1 Å². The second kappa shape index (κ2) is 8.66. The molecule has 0 spiro atoms. The van der Waals surface area contributed by atoms with E-state index in [0.29, 0.717) is 5.75 Å². The second-order valence-corrected chi connectivity index (χ2v) is 7.52. The van der Waals surface area contributed by atoms with Gasteiger partial charge < -0.3 is 10.4 Å². The molecule has 0 saturated carbocycles. The molecule has 1 aliphatic rings. The highest BCUT2D eigenvalue weighted by Crippen LogP contribution is 2.26. The van der Waals surface area contributed by atoms with Gasteiger partial charge in [-0.2, -0.15) is 8.78 Å². The van der Waals surface area contributed by atoms with E-state index in [1.54, 1.807) is 29.1 Å². The van der Waals surface area contributed by atoms with Gasteiger partial charge >= 0.3 is 6.43 Å². The van der Waals surface area contributed by atoms with Crippen LogP contribution >= 0.6 is 0 Å². The molecule has 2 N–H and O–H groups in total. The molecule has 0 aliphatic carbocycles. The van der Waals surface area contributed by atoms with Gasteiger partial charge in [0.25, 0.3) is 5.91 Å². The maximum Gasteiger partial charge on any atom is 0.315 e. The fraction of sp³-hybridized carbons (Fsp3) is 0.263. The number of carbonyl (C=O) groups excluding carboxylic acids is 1. The van der Waals surface area contributed by atoms with Gasteiger partial charge in [0.05, 0.1) is 28.3 Å². The molecule has 2 heterocycles. The lowest BCUT2D eigenvalue weighted by Crippen LogP contribution is -2.43. The fourth-order valence-electron chi connectivity index (χ4n) is 2.73. The number of hydrogen-bond acceptors (Lipinski definition) is 4. The number of aromatic nitrogens is 1. The molecule has 0 saturated heterocycles. The van der Waals surface area contributed by atoms with Gasteiger partial charge in [-0.1, -0.05) is 30.3 Å². The third-order valence-corrected chi connectivity index (χ3v) is 5.47. The van der Waals surface area contributed by atoms with Crippen molar-refractivity contribution in [3.63, 3.8) is 0 Å². The monoisotopic (exact) mass is 410 g/mol. The molecule has 148 valence electrons. The van der Waals surface area contributed by atoms with Crippen LogP contribution in [-0.2, 0) is 15.6 Å². The highest BCUT2D eigenvalue weighted by Gasteiger charge is 2.26. The van der Waals surface area contributed by atoms with Crippen molar-refractivity contribution in [2.75, 3.05) is 12.4 Å². The third-order valence-electron chi connectivity index (χ3n) is 4.32. The van der Waals surface area contributed by atoms with Gasteiger partial charge in [0.1, 0.15) is 12.8 Å². The summed E-state index contributed by atoms with van der Waals surface area (Å²) >= 11 is 0. The molecular formula is C19H17F3N2O3S. The number of alkyl halides is 3. The predicted octanol–water partition coefficient (Wildman–Crippen LogP) is 2.60. The minimum absolute atomic E-state index is 0.285. The number of benzene rings is 1. The van der Waals surface area contributed by atoms with Gasteiger partial charge in [-0.05, 0) is 22.8 Å². The standard InChI is InChI=1S/C19H17F3N2O3S/c20-7-16(24-19(26)18(21)22)17(25)12-3-1-11(2-4-12)13-5-6-15(23-8-13)14-9-28(27)10-14/h1-6,8-9,16-18,25H,7,10H2,(H,24,26). The van der Waals surface area contributed by atoms with Crippen LogP contribution in [0.3, 0.4) is 0 Å². The van der Waals surface area contributed by atoms with Crippen molar-refractivity contribution in [3.05, 3.63) is 59.3 Å². The van der Waals surface area contributed by atoms with E-state index >= 15 is 0 Å². The van der Waals surface area contributed by atoms with Crippen LogP contribution in [0.1, 0.15) is 17.4 Å². The number of aliphatic hydroxyl groups excluding tert-OH is 1. The van der Waals surface area contributed by atoms with Crippen LogP contribution in [0.4, 0.5) is 13.2 Å². The first-order valence-corrected chi connectivity index (χ1v) is 9.74. The van der Waals surface area contributed by atoms with Crippen molar-refractivity contribution in [1.29, 1.82) is 0 Å². The average Bonchev–Trinajstić information content (AvgIpc) is 2.69. The van der Waals surface area contributed by atoms with E-state index in [4.69, 9.17) is 0 Å². The van der Waals surface area contributed by atoms with Gasteiger partial charge in [0.15, 0.2) is 0 Å². The Kier molecular flexibility index (Phi) is 6.25. The Morgan fingerprint density at radius 3 is 2.32 bits per heavy atom. The van der Waals surface area contributed by atoms with Crippen molar-refractivity contribution in [3.8, 4) is 11.1 Å². The lowest BCUT2D eigenvalue weighted by Gasteiger charge is -2.22. The molecule has 3 atom stereocenters. The maximum atomic E-state index is 13.1. The Balaban J connectivity index is 1.71. The summed E-state index contributed by atoms with van der Waals surface area (Å²) in [6, 6.07) is 8.62. The Hall–Kier alpha value is -2.52. The van der Waals surface area contributed by atoms with E-state index in [0.717, 1.165) is 22.4 Å². The van der Waals surface area contributed by atoms with Gasteiger partial charge in [-0.15, -0.1) is 0 Å². The van der Waals surface area contributed by atoms with Crippen molar-refractivity contribution >= 4 is 22.3 Å². The quantitative estimate of drug-likeness (QED) is 0.736. The molecule has 1 aromatic heterocycles. The summed E-state index contributed by atoms with van der Waals surface area (Å²) in [5, 5.41) is 13.6. The zero-order chi connectivity index (χ0) is 20.3. The van der Waals surface area contributed by atoms with Crippen LogP contribution in [0.25, 0.3) is 16.7 Å². The van der Waals surface area contributed by atoms with Crippen LogP contribution in [0, 0.1) is 0 Å². The molecule has 3 unspecified atom stereocenters. The second-order valence-electron chi connectivity index (χ2n) is 6.24. The molecule has 0 radical (unpaired) electrons. The molecule has 9 heteroatoms. The number of aliphatic hydroxyl groups is 1. The summed E-state index contributed by atoms with van der Waals surface area (Å²) in [4.78, 5) is 15.4. The summed E-state index contributed by atoms with van der Waals surface area (Å²) in [6.45, 7) is -1.19. The highest BCUT2D eigenvalue weighted by atomic mass is 32.2. The fourth-order valence-corrected chi connectivity index (χ4v) is 3.57. The van der Waals surface area contributed by atoms with E-state index in [1.807, 2.05) is 12.1 Å². The summed E-state index contributed by atoms with van der Waals surface area (Å²) in [7, 11) is -0.903. The lowest BCUT2D eigenvalue weighted by atomic mass is 9.99. The zero-order valence-corrected chi connectivity index (χ0v) is 15.3. The van der Waals surface area contributed by atoms with E-state index in [2.05, 4.69) is 4.98 Å². The molecule has 28 heavy (non-hydrogen) atoms. The molecule has 1 amide bonds. The molecule has 1 aromatic carbocycles. The lowest BCUT2D eigenvalue weighted by molar-refractivity contribution is -0.133. The Morgan fingerprint density at radius 1 is 1.18 bits per heavy atom. The first kappa shape index (κ1) is 20.2. The summed E-state index contributed by atoms with van der Waals surface area (Å²) in [5.41, 5.74) is 3.57. The minimum Gasteiger partial charge on any atom is -0.386 e.